The van der Waals surface area contributed by atoms with Crippen molar-refractivity contribution in [2.24, 2.45) is 5.92 Å². The highest BCUT2D eigenvalue weighted by molar-refractivity contribution is 5.69. The van der Waals surface area contributed by atoms with Crippen LogP contribution in [0.15, 0.2) is 0 Å². The number of esters is 1. The van der Waals surface area contributed by atoms with E-state index < -0.39 is 80.4 Å². The summed E-state index contributed by atoms with van der Waals surface area (Å²) < 4.78 is 21.7. The predicted octanol–water partition coefficient (Wildman–Crippen LogP) is -3.00. The topological polar surface area (TPSA) is 178 Å². The number of hydrogen-bond donors (Lipinski definition) is 5. The van der Waals surface area contributed by atoms with Crippen LogP contribution in [0.4, 0.5) is 0 Å². The summed E-state index contributed by atoms with van der Waals surface area (Å²) in [4.78, 5) is 12.0. The lowest BCUT2D eigenvalue weighted by molar-refractivity contribution is -0.342. The predicted molar refractivity (Wildman–Crippen MR) is 96.8 cm³/mol. The van der Waals surface area contributed by atoms with Gasteiger partial charge < -0.3 is 49.6 Å². The Morgan fingerprint density at radius 1 is 1.00 bits per heavy atom. The van der Waals surface area contributed by atoms with E-state index in [1.54, 1.807) is 0 Å². The van der Waals surface area contributed by atoms with Gasteiger partial charge in [0.25, 0.3) is 0 Å². The number of aliphatic hydroxyl groups is 5. The van der Waals surface area contributed by atoms with Gasteiger partial charge in [0.2, 0.25) is 12.2 Å². The summed E-state index contributed by atoms with van der Waals surface area (Å²) in [5.74, 6) is -0.550. The van der Waals surface area contributed by atoms with Crippen LogP contribution in [0.1, 0.15) is 27.2 Å². The van der Waals surface area contributed by atoms with Gasteiger partial charge in [-0.05, 0) is 12.8 Å². The second kappa shape index (κ2) is 10.4. The first kappa shape index (κ1) is 24.4. The molecule has 0 aliphatic carbocycles. The lowest BCUT2D eigenvalue weighted by Crippen LogP contribution is -2.64. The van der Waals surface area contributed by atoms with E-state index in [-0.39, 0.29) is 12.3 Å². The van der Waals surface area contributed by atoms with Crippen LogP contribution in [0.3, 0.4) is 0 Å². The number of ether oxygens (including phenoxy) is 4. The molecule has 0 radical (unpaired) electrons. The fraction of sp³-hybridized carbons (Fsp3) is 0.944. The Bertz CT molecular complexity index is 526. The van der Waals surface area contributed by atoms with E-state index in [1.807, 2.05) is 13.8 Å². The highest BCUT2D eigenvalue weighted by Gasteiger charge is 2.53. The van der Waals surface area contributed by atoms with E-state index in [0.717, 1.165) is 0 Å². The molecule has 29 heavy (non-hydrogen) atoms. The van der Waals surface area contributed by atoms with E-state index in [4.69, 9.17) is 24.1 Å². The average molecular weight is 425 g/mol. The summed E-state index contributed by atoms with van der Waals surface area (Å²) in [5, 5.41) is 58.1. The summed E-state index contributed by atoms with van der Waals surface area (Å²) in [5.41, 5.74) is 0. The molecule has 2 aliphatic rings. The van der Waals surface area contributed by atoms with Crippen molar-refractivity contribution in [2.45, 2.75) is 88.4 Å². The van der Waals surface area contributed by atoms with Crippen LogP contribution in [-0.4, -0.2) is 111 Å². The molecule has 11 nitrogen and oxygen atoms in total. The standard InChI is InChI=1S/C18H32O11/c1-7(2)4-11(21)28-16-10(6-20)27-18(15(25)14(16)24)29-17-9(5-19)26-8(3)12(22)13(17)23/h7-10,12-20,22-25H,4-6H2,1-3H3/p+1. The molecule has 0 aromatic heterocycles. The Kier molecular flexibility index (Phi) is 8.76. The molecule has 2 heterocycles. The van der Waals surface area contributed by atoms with Crippen molar-refractivity contribution < 1.29 is 54.4 Å². The Morgan fingerprint density at radius 3 is 2.14 bits per heavy atom. The van der Waals surface area contributed by atoms with Crippen LogP contribution in [0, 0.1) is 5.92 Å². The maximum absolute atomic E-state index is 12.0. The Morgan fingerprint density at radius 2 is 1.59 bits per heavy atom. The molecule has 0 amide bonds. The van der Waals surface area contributed by atoms with Gasteiger partial charge in [-0.3, -0.25) is 4.79 Å². The number of carbonyl (C=O) groups is 1. The van der Waals surface area contributed by atoms with E-state index >= 15 is 0 Å². The van der Waals surface area contributed by atoms with Gasteiger partial charge >= 0.3 is 5.97 Å². The molecule has 10 unspecified atom stereocenters. The van der Waals surface area contributed by atoms with Crippen molar-refractivity contribution in [3.8, 4) is 0 Å². The fourth-order valence-electron chi connectivity index (χ4n) is 3.46. The first-order valence-electron chi connectivity index (χ1n) is 9.73. The monoisotopic (exact) mass is 425 g/mol. The van der Waals surface area contributed by atoms with Crippen molar-refractivity contribution in [1.29, 1.82) is 0 Å². The number of rotatable bonds is 7. The quantitative estimate of drug-likeness (QED) is 0.208. The van der Waals surface area contributed by atoms with E-state index in [0.29, 0.717) is 0 Å². The largest absolute Gasteiger partial charge is 0.451 e. The van der Waals surface area contributed by atoms with Gasteiger partial charge in [0.15, 0.2) is 12.4 Å². The molecule has 2 saturated heterocycles. The molecular formula is C18H33O11+. The molecule has 11 heteroatoms. The van der Waals surface area contributed by atoms with Gasteiger partial charge in [0.05, 0.1) is 19.3 Å². The molecule has 0 aromatic rings. The van der Waals surface area contributed by atoms with Gasteiger partial charge in [0.1, 0.15) is 30.5 Å². The van der Waals surface area contributed by atoms with E-state index in [2.05, 4.69) is 0 Å². The smallest absolute Gasteiger partial charge is 0.306 e. The molecule has 0 aromatic carbocycles. The zero-order chi connectivity index (χ0) is 21.9. The lowest BCUT2D eigenvalue weighted by Gasteiger charge is -2.45. The van der Waals surface area contributed by atoms with Gasteiger partial charge in [-0.25, -0.2) is 0 Å². The van der Waals surface area contributed by atoms with Crippen molar-refractivity contribution in [1.82, 2.24) is 0 Å². The fourth-order valence-corrected chi connectivity index (χ4v) is 3.46. The highest BCUT2D eigenvalue weighted by Crippen LogP contribution is 2.30. The summed E-state index contributed by atoms with van der Waals surface area (Å²) in [6.07, 6.45) is -12.4. The minimum atomic E-state index is -1.59. The maximum Gasteiger partial charge on any atom is 0.306 e. The molecule has 10 atom stereocenters. The first-order valence-corrected chi connectivity index (χ1v) is 9.73. The van der Waals surface area contributed by atoms with E-state index in [1.165, 1.54) is 6.92 Å². The Labute approximate surface area is 168 Å². The van der Waals surface area contributed by atoms with Gasteiger partial charge in [-0.2, -0.15) is 0 Å². The summed E-state index contributed by atoms with van der Waals surface area (Å²) >= 11 is 0. The van der Waals surface area contributed by atoms with Crippen LogP contribution in [0.2, 0.25) is 0 Å². The van der Waals surface area contributed by atoms with Crippen LogP contribution in [0.5, 0.6) is 0 Å². The van der Waals surface area contributed by atoms with Crippen LogP contribution in [-0.2, 0) is 23.7 Å². The van der Waals surface area contributed by atoms with Crippen molar-refractivity contribution in [3.05, 3.63) is 0 Å². The van der Waals surface area contributed by atoms with Crippen LogP contribution in [0.25, 0.3) is 0 Å². The maximum atomic E-state index is 12.0. The first-order chi connectivity index (χ1) is 13.6. The Hall–Kier alpha value is -0.890. The third-order valence-corrected chi connectivity index (χ3v) is 5.09. The van der Waals surface area contributed by atoms with Crippen molar-refractivity contribution >= 4 is 5.97 Å². The molecule has 0 bridgehead atoms. The molecule has 2 aliphatic heterocycles. The normalized spacial score (nSPS) is 43.4. The number of aliphatic hydroxyl groups excluding tert-OH is 5. The second-order valence-electron chi connectivity index (χ2n) is 7.94. The SMILES string of the molecule is CC(C)CC(=O)OC1C(CO)OC(OC2C(CO)OC(C)C(O)C2O)C(O)C1[OH2+]. The molecule has 2 fully saturated rings. The van der Waals surface area contributed by atoms with Crippen molar-refractivity contribution in [2.75, 3.05) is 13.2 Å². The van der Waals surface area contributed by atoms with E-state index in [9.17, 15) is 30.3 Å². The molecule has 0 saturated carbocycles. The molecule has 170 valence electrons. The van der Waals surface area contributed by atoms with Gasteiger partial charge in [0, 0.05) is 6.42 Å². The molecule has 0 spiro atoms. The lowest BCUT2D eigenvalue weighted by atomic mass is 9.95. The third-order valence-electron chi connectivity index (χ3n) is 5.09. The second-order valence-corrected chi connectivity index (χ2v) is 7.94. The zero-order valence-corrected chi connectivity index (χ0v) is 16.7. The summed E-state index contributed by atoms with van der Waals surface area (Å²) in [6.45, 7) is 4.04. The summed E-state index contributed by atoms with van der Waals surface area (Å²) in [7, 11) is 0. The van der Waals surface area contributed by atoms with Crippen LogP contribution >= 0.6 is 0 Å². The summed E-state index contributed by atoms with van der Waals surface area (Å²) in [6, 6.07) is 0. The third kappa shape index (κ3) is 5.63. The number of carbonyl (C=O) groups excluding carboxylic acids is 1. The zero-order valence-electron chi connectivity index (χ0n) is 16.7. The minimum Gasteiger partial charge on any atom is -0.451 e. The highest BCUT2D eigenvalue weighted by atomic mass is 16.7. The number of hydrogen-bond acceptors (Lipinski definition) is 10. The van der Waals surface area contributed by atoms with Gasteiger partial charge in [-0.15, -0.1) is 0 Å². The molecule has 7 N–H and O–H groups in total. The minimum absolute atomic E-state index is 0.0294. The van der Waals surface area contributed by atoms with Crippen molar-refractivity contribution in [3.63, 3.8) is 0 Å². The van der Waals surface area contributed by atoms with Crippen LogP contribution < -0.4 is 0 Å². The Balaban J connectivity index is 2.10. The average Bonchev–Trinajstić information content (AvgIpc) is 2.66. The molecular weight excluding hydrogens is 392 g/mol. The molecule has 2 rings (SSSR count). The van der Waals surface area contributed by atoms with Gasteiger partial charge in [-0.1, -0.05) is 13.8 Å².